The SMILES string of the molecule is O=C(O)CNC(=O)C(=O)c1nc2ccc(Cl)cc2cc1O. The van der Waals surface area contributed by atoms with Gasteiger partial charge in [0.05, 0.1) is 5.52 Å². The van der Waals surface area contributed by atoms with Gasteiger partial charge in [-0.05, 0) is 24.3 Å². The van der Waals surface area contributed by atoms with Crippen LogP contribution in [0.4, 0.5) is 0 Å². The predicted molar refractivity (Wildman–Crippen MR) is 73.4 cm³/mol. The molecule has 1 heterocycles. The summed E-state index contributed by atoms with van der Waals surface area (Å²) in [6, 6.07) is 5.88. The average molecular weight is 309 g/mol. The number of carboxylic acid groups (broad SMARTS) is 1. The molecule has 8 heteroatoms. The Morgan fingerprint density at radius 1 is 1.24 bits per heavy atom. The van der Waals surface area contributed by atoms with Crippen LogP contribution in [-0.4, -0.2) is 39.4 Å². The van der Waals surface area contributed by atoms with Crippen molar-refractivity contribution in [3.05, 3.63) is 35.0 Å². The lowest BCUT2D eigenvalue weighted by molar-refractivity contribution is -0.137. The first-order valence-corrected chi connectivity index (χ1v) is 6.10. The summed E-state index contributed by atoms with van der Waals surface area (Å²) in [6.45, 7) is -0.700. The Morgan fingerprint density at radius 2 is 1.95 bits per heavy atom. The molecule has 0 saturated carbocycles. The van der Waals surface area contributed by atoms with Crippen LogP contribution in [0.2, 0.25) is 5.02 Å². The molecule has 0 aliphatic rings. The zero-order chi connectivity index (χ0) is 15.6. The molecule has 0 bridgehead atoms. The summed E-state index contributed by atoms with van der Waals surface area (Å²) in [7, 11) is 0. The van der Waals surface area contributed by atoms with Crippen molar-refractivity contribution in [2.45, 2.75) is 0 Å². The second kappa shape index (κ2) is 5.76. The molecule has 0 saturated heterocycles. The van der Waals surface area contributed by atoms with Gasteiger partial charge in [-0.15, -0.1) is 0 Å². The highest BCUT2D eigenvalue weighted by molar-refractivity contribution is 6.43. The van der Waals surface area contributed by atoms with Crippen LogP contribution in [0, 0.1) is 0 Å². The van der Waals surface area contributed by atoms with Gasteiger partial charge in [0.2, 0.25) is 0 Å². The Morgan fingerprint density at radius 3 is 2.62 bits per heavy atom. The first-order chi connectivity index (χ1) is 9.88. The van der Waals surface area contributed by atoms with E-state index in [9.17, 15) is 19.5 Å². The minimum atomic E-state index is -1.29. The molecule has 0 aliphatic carbocycles. The number of Topliss-reactive ketones (excluding diaryl/α,β-unsaturated/α-hetero) is 1. The standard InChI is InChI=1S/C13H9ClN2O5/c14-7-1-2-8-6(3-7)4-9(17)11(16-8)12(20)13(21)15-5-10(18)19/h1-4,17H,5H2,(H,15,21)(H,18,19). The number of nitrogens with one attached hydrogen (secondary N) is 1. The van der Waals surface area contributed by atoms with Crippen molar-refractivity contribution >= 4 is 40.2 Å². The highest BCUT2D eigenvalue weighted by Gasteiger charge is 2.22. The largest absolute Gasteiger partial charge is 0.506 e. The average Bonchev–Trinajstić information content (AvgIpc) is 2.43. The molecule has 0 aliphatic heterocycles. The van der Waals surface area contributed by atoms with Gasteiger partial charge < -0.3 is 15.5 Å². The number of carbonyl (C=O) groups is 3. The number of halogens is 1. The van der Waals surface area contributed by atoms with Gasteiger partial charge in [-0.3, -0.25) is 14.4 Å². The molecule has 7 nitrogen and oxygen atoms in total. The fourth-order valence-corrected chi connectivity index (χ4v) is 1.83. The third-order valence-corrected chi connectivity index (χ3v) is 2.81. The number of benzene rings is 1. The van der Waals surface area contributed by atoms with Gasteiger partial charge in [0.1, 0.15) is 12.3 Å². The molecule has 21 heavy (non-hydrogen) atoms. The van der Waals surface area contributed by atoms with Gasteiger partial charge >= 0.3 is 5.97 Å². The summed E-state index contributed by atoms with van der Waals surface area (Å²) >= 11 is 5.80. The molecule has 1 aromatic carbocycles. The van der Waals surface area contributed by atoms with Crippen LogP contribution in [0.5, 0.6) is 5.75 Å². The Bertz CT molecular complexity index is 760. The Balaban J connectivity index is 2.35. The maximum atomic E-state index is 11.8. The second-order valence-corrected chi connectivity index (χ2v) is 4.54. The number of rotatable bonds is 4. The molecule has 0 atom stereocenters. The molecular weight excluding hydrogens is 300 g/mol. The van der Waals surface area contributed by atoms with E-state index in [0.717, 1.165) is 0 Å². The van der Waals surface area contributed by atoms with E-state index in [1.165, 1.54) is 12.1 Å². The molecule has 3 N–H and O–H groups in total. The smallest absolute Gasteiger partial charge is 0.322 e. The minimum absolute atomic E-state index is 0.367. The molecule has 2 rings (SSSR count). The summed E-state index contributed by atoms with van der Waals surface area (Å²) in [6.07, 6.45) is 0. The van der Waals surface area contributed by atoms with Crippen molar-refractivity contribution in [3.63, 3.8) is 0 Å². The van der Waals surface area contributed by atoms with E-state index in [0.29, 0.717) is 15.9 Å². The maximum absolute atomic E-state index is 11.8. The van der Waals surface area contributed by atoms with E-state index in [4.69, 9.17) is 16.7 Å². The molecule has 108 valence electrons. The number of pyridine rings is 1. The third-order valence-electron chi connectivity index (χ3n) is 2.58. The molecule has 0 unspecified atom stereocenters. The number of carboxylic acids is 1. The van der Waals surface area contributed by atoms with Crippen molar-refractivity contribution in [2.75, 3.05) is 6.54 Å². The van der Waals surface area contributed by atoms with Crippen molar-refractivity contribution in [1.82, 2.24) is 10.3 Å². The van der Waals surface area contributed by atoms with Gasteiger partial charge in [-0.1, -0.05) is 11.6 Å². The molecule has 0 fully saturated rings. The van der Waals surface area contributed by atoms with Crippen molar-refractivity contribution in [1.29, 1.82) is 0 Å². The number of carbonyl (C=O) groups excluding carboxylic acids is 2. The lowest BCUT2D eigenvalue weighted by Gasteiger charge is -2.05. The quantitative estimate of drug-likeness (QED) is 0.572. The van der Waals surface area contributed by atoms with E-state index in [-0.39, 0.29) is 0 Å². The molecule has 2 aromatic rings. The first kappa shape index (κ1) is 14.7. The first-order valence-electron chi connectivity index (χ1n) is 5.72. The summed E-state index contributed by atoms with van der Waals surface area (Å²) in [5.74, 6) is -4.05. The number of aromatic nitrogens is 1. The van der Waals surface area contributed by atoms with E-state index >= 15 is 0 Å². The number of hydrogen-bond donors (Lipinski definition) is 3. The maximum Gasteiger partial charge on any atom is 0.322 e. The molecular formula is C13H9ClN2O5. The fourth-order valence-electron chi connectivity index (χ4n) is 1.65. The number of aliphatic carboxylic acids is 1. The third kappa shape index (κ3) is 3.26. The summed E-state index contributed by atoms with van der Waals surface area (Å²) in [5.41, 5.74) is -0.0840. The highest BCUT2D eigenvalue weighted by Crippen LogP contribution is 2.24. The number of fused-ring (bicyclic) bond motifs is 1. The monoisotopic (exact) mass is 308 g/mol. The van der Waals surface area contributed by atoms with Crippen LogP contribution >= 0.6 is 11.6 Å². The number of hydrogen-bond acceptors (Lipinski definition) is 5. The Labute approximate surface area is 123 Å². The van der Waals surface area contributed by atoms with Crippen LogP contribution in [0.3, 0.4) is 0 Å². The van der Waals surface area contributed by atoms with Crippen LogP contribution in [-0.2, 0) is 9.59 Å². The van der Waals surface area contributed by atoms with E-state index in [1.807, 2.05) is 5.32 Å². The number of amides is 1. The van der Waals surface area contributed by atoms with Gasteiger partial charge in [-0.25, -0.2) is 4.98 Å². The summed E-state index contributed by atoms with van der Waals surface area (Å²) < 4.78 is 0. The molecule has 1 amide bonds. The highest BCUT2D eigenvalue weighted by atomic mass is 35.5. The summed E-state index contributed by atoms with van der Waals surface area (Å²) in [5, 5.41) is 21.0. The van der Waals surface area contributed by atoms with Gasteiger partial charge in [-0.2, -0.15) is 0 Å². The Hall–Kier alpha value is -2.67. The van der Waals surface area contributed by atoms with Crippen LogP contribution in [0.15, 0.2) is 24.3 Å². The molecule has 1 aromatic heterocycles. The normalized spacial score (nSPS) is 10.3. The minimum Gasteiger partial charge on any atom is -0.506 e. The van der Waals surface area contributed by atoms with E-state index in [2.05, 4.69) is 4.98 Å². The summed E-state index contributed by atoms with van der Waals surface area (Å²) in [4.78, 5) is 37.6. The van der Waals surface area contributed by atoms with Gasteiger partial charge in [0.25, 0.3) is 11.7 Å². The second-order valence-electron chi connectivity index (χ2n) is 4.10. The van der Waals surface area contributed by atoms with Crippen LogP contribution < -0.4 is 5.32 Å². The van der Waals surface area contributed by atoms with E-state index < -0.39 is 35.6 Å². The topological polar surface area (TPSA) is 117 Å². The number of aromatic hydroxyl groups is 1. The molecule has 0 radical (unpaired) electrons. The fraction of sp³-hybridized carbons (Fsp3) is 0.0769. The van der Waals surface area contributed by atoms with Crippen molar-refractivity contribution in [2.24, 2.45) is 0 Å². The zero-order valence-electron chi connectivity index (χ0n) is 10.5. The Kier molecular flexibility index (Phi) is 4.04. The van der Waals surface area contributed by atoms with Crippen LogP contribution in [0.1, 0.15) is 10.5 Å². The van der Waals surface area contributed by atoms with Crippen LogP contribution in [0.25, 0.3) is 10.9 Å². The zero-order valence-corrected chi connectivity index (χ0v) is 11.2. The predicted octanol–water partition coefficient (Wildman–Crippen LogP) is 0.977. The van der Waals surface area contributed by atoms with Crippen molar-refractivity contribution < 1.29 is 24.6 Å². The van der Waals surface area contributed by atoms with Gasteiger partial charge in [0, 0.05) is 10.4 Å². The number of ketones is 1. The van der Waals surface area contributed by atoms with E-state index in [1.54, 1.807) is 12.1 Å². The number of nitrogens with zero attached hydrogens (tertiary/aromatic N) is 1. The van der Waals surface area contributed by atoms with Crippen molar-refractivity contribution in [3.8, 4) is 5.75 Å². The lowest BCUT2D eigenvalue weighted by atomic mass is 10.1. The lowest BCUT2D eigenvalue weighted by Crippen LogP contribution is -2.35. The van der Waals surface area contributed by atoms with Gasteiger partial charge in [0.15, 0.2) is 5.69 Å². The molecule has 0 spiro atoms.